The number of hydrogen-bond acceptors (Lipinski definition) is 3. The van der Waals surface area contributed by atoms with Gasteiger partial charge in [0.15, 0.2) is 0 Å². The first kappa shape index (κ1) is 18.8. The van der Waals surface area contributed by atoms with Crippen LogP contribution in [0.25, 0.3) is 0 Å². The highest BCUT2D eigenvalue weighted by Crippen LogP contribution is 2.25. The molecular weight excluding hydrogens is 397 g/mol. The van der Waals surface area contributed by atoms with E-state index in [1.165, 1.54) is 30.3 Å². The Kier molecular flexibility index (Phi) is 5.60. The number of rotatable bonds is 4. The van der Waals surface area contributed by atoms with Crippen LogP contribution in [0.5, 0.6) is 0 Å². The molecule has 1 saturated heterocycles. The highest BCUT2D eigenvalue weighted by molar-refractivity contribution is 7.92. The molecule has 1 aliphatic rings. The van der Waals surface area contributed by atoms with Gasteiger partial charge in [0.05, 0.1) is 10.6 Å². The lowest BCUT2D eigenvalue weighted by atomic mass is 10.3. The van der Waals surface area contributed by atoms with Gasteiger partial charge in [-0.2, -0.15) is 0 Å². The molecule has 0 unspecified atom stereocenters. The maximum absolute atomic E-state index is 12.5. The molecule has 0 saturated carbocycles. The largest absolute Gasteiger partial charge is 0.325 e. The maximum atomic E-state index is 12.5. The third-order valence-corrected chi connectivity index (χ3v) is 5.76. The highest BCUT2D eigenvalue weighted by Gasteiger charge is 2.19. The minimum atomic E-state index is -3.80. The van der Waals surface area contributed by atoms with Crippen LogP contribution in [0.2, 0.25) is 10.0 Å². The van der Waals surface area contributed by atoms with E-state index in [0.717, 1.165) is 25.9 Å². The molecular formula is C17H17Cl2N3O3S. The van der Waals surface area contributed by atoms with Crippen LogP contribution in [-0.4, -0.2) is 32.4 Å². The van der Waals surface area contributed by atoms with Gasteiger partial charge in [-0.1, -0.05) is 23.2 Å². The number of hydrogen-bond donors (Lipinski definition) is 2. The summed E-state index contributed by atoms with van der Waals surface area (Å²) < 4.78 is 27.4. The Hall–Kier alpha value is -1.96. The first-order chi connectivity index (χ1) is 12.3. The second kappa shape index (κ2) is 7.73. The van der Waals surface area contributed by atoms with Crippen LogP contribution in [0.4, 0.5) is 16.2 Å². The number of sulfonamides is 1. The van der Waals surface area contributed by atoms with Crippen LogP contribution in [0, 0.1) is 0 Å². The van der Waals surface area contributed by atoms with E-state index in [-0.39, 0.29) is 16.6 Å². The Labute approximate surface area is 162 Å². The van der Waals surface area contributed by atoms with Crippen molar-refractivity contribution in [3.63, 3.8) is 0 Å². The molecule has 2 amide bonds. The van der Waals surface area contributed by atoms with Gasteiger partial charge in [-0.25, -0.2) is 13.2 Å². The monoisotopic (exact) mass is 413 g/mol. The number of nitrogens with one attached hydrogen (secondary N) is 2. The van der Waals surface area contributed by atoms with Crippen molar-refractivity contribution in [1.82, 2.24) is 4.90 Å². The molecule has 0 spiro atoms. The smallest absolute Gasteiger partial charge is 0.321 e. The third kappa shape index (κ3) is 4.60. The lowest BCUT2D eigenvalue weighted by Crippen LogP contribution is -2.32. The van der Waals surface area contributed by atoms with Gasteiger partial charge < -0.3 is 10.2 Å². The lowest BCUT2D eigenvalue weighted by Gasteiger charge is -2.16. The highest BCUT2D eigenvalue weighted by atomic mass is 35.5. The van der Waals surface area contributed by atoms with Gasteiger partial charge in [0.25, 0.3) is 10.0 Å². The maximum Gasteiger partial charge on any atom is 0.321 e. The number of nitrogens with zero attached hydrogens (tertiary/aromatic N) is 1. The van der Waals surface area contributed by atoms with Crippen LogP contribution >= 0.6 is 23.2 Å². The summed E-state index contributed by atoms with van der Waals surface area (Å²) in [4.78, 5) is 13.9. The molecule has 2 aromatic carbocycles. The first-order valence-corrected chi connectivity index (χ1v) is 10.2. The Morgan fingerprint density at radius 2 is 1.50 bits per heavy atom. The van der Waals surface area contributed by atoms with E-state index in [1.54, 1.807) is 17.0 Å². The minimum Gasteiger partial charge on any atom is -0.325 e. The van der Waals surface area contributed by atoms with Crippen molar-refractivity contribution >= 4 is 50.6 Å². The molecule has 1 fully saturated rings. The molecule has 0 aromatic heterocycles. The molecule has 26 heavy (non-hydrogen) atoms. The molecule has 6 nitrogen and oxygen atoms in total. The van der Waals surface area contributed by atoms with Crippen LogP contribution in [0.15, 0.2) is 47.4 Å². The number of carbonyl (C=O) groups excluding carboxylic acids is 1. The second-order valence-corrected chi connectivity index (χ2v) is 8.47. The van der Waals surface area contributed by atoms with Gasteiger partial charge in [-0.15, -0.1) is 0 Å². The molecule has 0 atom stereocenters. The van der Waals surface area contributed by atoms with Crippen LogP contribution < -0.4 is 10.0 Å². The van der Waals surface area contributed by atoms with Gasteiger partial charge in [-0.3, -0.25) is 4.72 Å². The van der Waals surface area contributed by atoms with E-state index >= 15 is 0 Å². The summed E-state index contributed by atoms with van der Waals surface area (Å²) in [6.45, 7) is 1.48. The SMILES string of the molecule is O=C(Nc1ccc(S(=O)(=O)Nc2cc(Cl)cc(Cl)c2)cc1)N1CCCC1. The summed E-state index contributed by atoms with van der Waals surface area (Å²) >= 11 is 11.8. The van der Waals surface area contributed by atoms with Crippen LogP contribution in [-0.2, 0) is 10.0 Å². The van der Waals surface area contributed by atoms with Crippen molar-refractivity contribution in [2.24, 2.45) is 0 Å². The topological polar surface area (TPSA) is 78.5 Å². The van der Waals surface area contributed by atoms with E-state index < -0.39 is 10.0 Å². The Bertz CT molecular complexity index is 891. The number of anilines is 2. The molecule has 2 aromatic rings. The fraction of sp³-hybridized carbons (Fsp3) is 0.235. The summed E-state index contributed by atoms with van der Waals surface area (Å²) in [5, 5.41) is 3.42. The van der Waals surface area contributed by atoms with Crippen molar-refractivity contribution in [1.29, 1.82) is 0 Å². The van der Waals surface area contributed by atoms with E-state index in [0.29, 0.717) is 15.7 Å². The van der Waals surface area contributed by atoms with Crippen molar-refractivity contribution in [2.45, 2.75) is 17.7 Å². The zero-order valence-corrected chi connectivity index (χ0v) is 16.0. The van der Waals surface area contributed by atoms with E-state index in [9.17, 15) is 13.2 Å². The Balaban J connectivity index is 1.71. The van der Waals surface area contributed by atoms with E-state index in [2.05, 4.69) is 10.0 Å². The Morgan fingerprint density at radius 1 is 0.923 bits per heavy atom. The number of urea groups is 1. The van der Waals surface area contributed by atoms with Gasteiger partial charge in [0.1, 0.15) is 0 Å². The zero-order valence-electron chi connectivity index (χ0n) is 13.7. The summed E-state index contributed by atoms with van der Waals surface area (Å²) in [5.41, 5.74) is 0.806. The predicted octanol–water partition coefficient (Wildman–Crippen LogP) is 4.42. The van der Waals surface area contributed by atoms with E-state index in [1.807, 2.05) is 0 Å². The summed E-state index contributed by atoms with van der Waals surface area (Å²) in [6, 6.07) is 10.2. The number of halogens is 2. The quantitative estimate of drug-likeness (QED) is 0.778. The molecule has 3 rings (SSSR count). The lowest BCUT2D eigenvalue weighted by molar-refractivity contribution is 0.222. The van der Waals surface area contributed by atoms with Crippen molar-refractivity contribution in [2.75, 3.05) is 23.1 Å². The van der Waals surface area contributed by atoms with Gasteiger partial charge in [0.2, 0.25) is 0 Å². The van der Waals surface area contributed by atoms with Gasteiger partial charge in [-0.05, 0) is 55.3 Å². The summed E-state index contributed by atoms with van der Waals surface area (Å²) in [6.07, 6.45) is 2.01. The summed E-state index contributed by atoms with van der Waals surface area (Å²) in [5.74, 6) is 0. The second-order valence-electron chi connectivity index (χ2n) is 5.91. The molecule has 1 heterocycles. The third-order valence-electron chi connectivity index (χ3n) is 3.92. The molecule has 0 radical (unpaired) electrons. The first-order valence-electron chi connectivity index (χ1n) is 7.98. The van der Waals surface area contributed by atoms with E-state index in [4.69, 9.17) is 23.2 Å². The van der Waals surface area contributed by atoms with Gasteiger partial charge in [0, 0.05) is 28.8 Å². The average molecular weight is 414 g/mol. The molecule has 138 valence electrons. The number of benzene rings is 2. The average Bonchev–Trinajstić information content (AvgIpc) is 3.08. The zero-order chi connectivity index (χ0) is 18.7. The van der Waals surface area contributed by atoms with Crippen molar-refractivity contribution in [3.8, 4) is 0 Å². The molecule has 1 aliphatic heterocycles. The number of amides is 2. The predicted molar refractivity (Wildman–Crippen MR) is 104 cm³/mol. The molecule has 2 N–H and O–H groups in total. The number of carbonyl (C=O) groups is 1. The minimum absolute atomic E-state index is 0.0627. The Morgan fingerprint density at radius 3 is 2.08 bits per heavy atom. The summed E-state index contributed by atoms with van der Waals surface area (Å²) in [7, 11) is -3.80. The molecule has 0 bridgehead atoms. The number of likely N-dealkylation sites (tertiary alicyclic amines) is 1. The van der Waals surface area contributed by atoms with Gasteiger partial charge >= 0.3 is 6.03 Å². The standard InChI is InChI=1S/C17H17Cl2N3O3S/c18-12-9-13(19)11-15(10-12)21-26(24,25)16-5-3-14(4-6-16)20-17(23)22-7-1-2-8-22/h3-6,9-11,21H,1-2,7-8H2,(H,20,23). The fourth-order valence-corrected chi connectivity index (χ4v) is 4.23. The fourth-order valence-electron chi connectivity index (χ4n) is 2.67. The normalized spacial score (nSPS) is 14.3. The molecule has 9 heteroatoms. The van der Waals surface area contributed by atoms with Crippen LogP contribution in [0.3, 0.4) is 0 Å². The van der Waals surface area contributed by atoms with Crippen molar-refractivity contribution < 1.29 is 13.2 Å². The molecule has 0 aliphatic carbocycles. The van der Waals surface area contributed by atoms with Crippen molar-refractivity contribution in [3.05, 3.63) is 52.5 Å². The van der Waals surface area contributed by atoms with Crippen LogP contribution in [0.1, 0.15) is 12.8 Å².